The van der Waals surface area contributed by atoms with Gasteiger partial charge in [-0.3, -0.25) is 42.3 Å². The number of thiol groups is 1. The van der Waals surface area contributed by atoms with Crippen LogP contribution in [0.5, 0.6) is 0 Å². The Morgan fingerprint density at radius 1 is 0.927 bits per heavy atom. The lowest BCUT2D eigenvalue weighted by Crippen LogP contribution is -2.39. The van der Waals surface area contributed by atoms with Crippen molar-refractivity contribution in [3.63, 3.8) is 0 Å². The summed E-state index contributed by atoms with van der Waals surface area (Å²) in [7, 11) is -6.60. The molecule has 228 valence electrons. The largest absolute Gasteiger partial charge is 0.472 e. The normalized spacial score (nSPS) is 32.1. The molecule has 0 aromatic carbocycles. The third-order valence-electron chi connectivity index (χ3n) is 6.19. The quantitative estimate of drug-likeness (QED) is 0.109. The second-order valence-electron chi connectivity index (χ2n) is 8.75. The minimum Gasteiger partial charge on any atom is -0.387 e. The van der Waals surface area contributed by atoms with Gasteiger partial charge in [0.25, 0.3) is 11.1 Å². The molecule has 2 saturated heterocycles. The summed E-state index contributed by atoms with van der Waals surface area (Å²) in [5.41, 5.74) is -3.17. The van der Waals surface area contributed by atoms with Crippen LogP contribution < -0.4 is 22.5 Å². The molecule has 4 unspecified atom stereocenters. The lowest BCUT2D eigenvalue weighted by Gasteiger charge is -2.23. The molecule has 0 amide bonds. The third kappa shape index (κ3) is 7.24. The van der Waals surface area contributed by atoms with Crippen LogP contribution >= 0.6 is 27.3 Å². The Bertz CT molecular complexity index is 1540. The second kappa shape index (κ2) is 13.0. The van der Waals surface area contributed by atoms with E-state index in [1.165, 1.54) is 7.11 Å². The Kier molecular flexibility index (Phi) is 10.1. The van der Waals surface area contributed by atoms with Gasteiger partial charge in [-0.05, 0) is 0 Å². The minimum atomic E-state index is -4.92. The molecule has 2 fully saturated rings. The number of ether oxygens (including phenoxy) is 3. The van der Waals surface area contributed by atoms with Crippen LogP contribution in [-0.4, -0.2) is 91.2 Å². The van der Waals surface area contributed by atoms with Gasteiger partial charge in [0.05, 0.1) is 13.2 Å². The summed E-state index contributed by atoms with van der Waals surface area (Å²) in [6, 6.07) is 2.03. The lowest BCUT2D eigenvalue weighted by atomic mass is 10.1. The molecule has 4 rings (SSSR count). The predicted octanol–water partition coefficient (Wildman–Crippen LogP) is -2.54. The molecule has 2 aromatic heterocycles. The number of hydrogen-bond donors (Lipinski definition) is 6. The van der Waals surface area contributed by atoms with Crippen LogP contribution in [0.15, 0.2) is 43.7 Å². The molecule has 19 nitrogen and oxygen atoms in total. The summed E-state index contributed by atoms with van der Waals surface area (Å²) in [5.74, 6) is 0. The number of phosphoric ester groups is 1. The molecule has 22 heteroatoms. The molecule has 0 spiro atoms. The molecule has 5 N–H and O–H groups in total. The Morgan fingerprint density at radius 3 is 1.95 bits per heavy atom. The number of aromatic amines is 2. The highest BCUT2D eigenvalue weighted by Gasteiger charge is 2.49. The first-order valence-electron chi connectivity index (χ1n) is 11.7. The number of phosphoric acid groups is 1. The predicted molar refractivity (Wildman–Crippen MR) is 138 cm³/mol. The summed E-state index contributed by atoms with van der Waals surface area (Å²) in [6.45, 7) is -1.51. The molecule has 0 bridgehead atoms. The molecule has 0 saturated carbocycles. The summed E-state index contributed by atoms with van der Waals surface area (Å²) in [6.07, 6.45) is -8.86. The van der Waals surface area contributed by atoms with Crippen molar-refractivity contribution in [2.24, 2.45) is 0 Å². The van der Waals surface area contributed by atoms with E-state index in [-0.39, 0.29) is 0 Å². The van der Waals surface area contributed by atoms with Crippen LogP contribution in [0.4, 0.5) is 0 Å². The molecule has 2 aromatic rings. The molecule has 0 radical (unpaired) electrons. The van der Waals surface area contributed by atoms with Gasteiger partial charge in [-0.25, -0.2) is 14.2 Å². The van der Waals surface area contributed by atoms with Crippen molar-refractivity contribution in [2.75, 3.05) is 20.3 Å². The number of H-pyrrole nitrogens is 2. The zero-order valence-corrected chi connectivity index (χ0v) is 23.7. The molecular formula is C19H26N4O15P2S. The minimum absolute atomic E-state index is 0.675. The SMILES string of the molecule is CO[C@H]1C(O[PH](=O)S)[C@@H](COP(=O)(O)OC[C@H]2O[C@H](n3ccc(=O)[nH]c3=O)[C@@H](O)C2O)O[C@H]1n1ccc(=O)[nH]c1=O. The fraction of sp³-hybridized carbons (Fsp3) is 0.579. The highest BCUT2D eigenvalue weighted by atomic mass is 32.7. The van der Waals surface area contributed by atoms with E-state index in [1.807, 2.05) is 9.97 Å². The van der Waals surface area contributed by atoms with Crippen LogP contribution in [0.25, 0.3) is 0 Å². The smallest absolute Gasteiger partial charge is 0.387 e. The summed E-state index contributed by atoms with van der Waals surface area (Å²) in [5, 5.41) is 20.6. The number of rotatable bonds is 11. The second-order valence-corrected chi connectivity index (χ2v) is 12.1. The summed E-state index contributed by atoms with van der Waals surface area (Å²) in [4.78, 5) is 61.2. The van der Waals surface area contributed by atoms with Crippen LogP contribution in [0.1, 0.15) is 12.5 Å². The number of aromatic nitrogens is 4. The number of aliphatic hydroxyl groups excluding tert-OH is 2. The van der Waals surface area contributed by atoms with Gasteiger partial charge in [0.15, 0.2) is 12.5 Å². The number of nitrogens with one attached hydrogen (secondary N) is 2. The average Bonchev–Trinajstić information content (AvgIpc) is 3.37. The third-order valence-corrected chi connectivity index (χ3v) is 7.93. The van der Waals surface area contributed by atoms with E-state index in [0.717, 1.165) is 33.7 Å². The van der Waals surface area contributed by atoms with E-state index in [4.69, 9.17) is 27.8 Å². The van der Waals surface area contributed by atoms with E-state index in [2.05, 4.69) is 12.2 Å². The van der Waals surface area contributed by atoms with Crippen molar-refractivity contribution in [2.45, 2.75) is 49.1 Å². The first-order chi connectivity index (χ1) is 19.3. The van der Waals surface area contributed by atoms with Crippen LogP contribution in [0, 0.1) is 0 Å². The van der Waals surface area contributed by atoms with Crippen molar-refractivity contribution in [3.8, 4) is 0 Å². The average molecular weight is 644 g/mol. The zero-order chi connectivity index (χ0) is 30.1. The van der Waals surface area contributed by atoms with Crippen molar-refractivity contribution < 1.29 is 52.0 Å². The van der Waals surface area contributed by atoms with Gasteiger partial charge in [-0.15, -0.1) is 0 Å². The van der Waals surface area contributed by atoms with E-state index >= 15 is 0 Å². The topological polar surface area (TPSA) is 260 Å². The van der Waals surface area contributed by atoms with E-state index < -0.39 is 99.8 Å². The van der Waals surface area contributed by atoms with Gasteiger partial charge in [0, 0.05) is 31.6 Å². The Hall–Kier alpha value is -2.19. The van der Waals surface area contributed by atoms with Crippen LogP contribution in [-0.2, 0) is 36.9 Å². The Morgan fingerprint density at radius 2 is 1.44 bits per heavy atom. The van der Waals surface area contributed by atoms with Crippen LogP contribution in [0.2, 0.25) is 0 Å². The molecule has 2 aliphatic heterocycles. The molecule has 2 aliphatic rings. The van der Waals surface area contributed by atoms with Gasteiger partial charge in [0.2, 0.25) is 7.23 Å². The molecule has 0 aliphatic carbocycles. The van der Waals surface area contributed by atoms with E-state index in [1.54, 1.807) is 0 Å². The lowest BCUT2D eigenvalue weighted by molar-refractivity contribution is -0.0671. The fourth-order valence-electron chi connectivity index (χ4n) is 4.30. The maximum absolute atomic E-state index is 12.6. The fourth-order valence-corrected chi connectivity index (χ4v) is 5.93. The van der Waals surface area contributed by atoms with Gasteiger partial charge in [0.1, 0.15) is 36.6 Å². The van der Waals surface area contributed by atoms with E-state index in [0.29, 0.717) is 0 Å². The number of methoxy groups -OCH3 is 1. The first kappa shape index (κ1) is 31.7. The summed E-state index contributed by atoms with van der Waals surface area (Å²) >= 11 is 3.74. The Balaban J connectivity index is 1.42. The monoisotopic (exact) mass is 644 g/mol. The highest BCUT2D eigenvalue weighted by molar-refractivity contribution is 8.39. The maximum Gasteiger partial charge on any atom is 0.472 e. The molecule has 10 atom stereocenters. The van der Waals surface area contributed by atoms with Gasteiger partial charge in [-0.2, -0.15) is 0 Å². The molecule has 4 heterocycles. The van der Waals surface area contributed by atoms with Crippen molar-refractivity contribution in [3.05, 3.63) is 66.2 Å². The van der Waals surface area contributed by atoms with Gasteiger partial charge >= 0.3 is 19.2 Å². The highest BCUT2D eigenvalue weighted by Crippen LogP contribution is 2.47. The van der Waals surface area contributed by atoms with Crippen molar-refractivity contribution in [1.29, 1.82) is 0 Å². The molecular weight excluding hydrogens is 618 g/mol. The summed E-state index contributed by atoms with van der Waals surface area (Å²) < 4.78 is 57.8. The number of nitrogens with zero attached hydrogens (tertiary/aromatic N) is 2. The first-order valence-corrected chi connectivity index (χ1v) is 15.8. The van der Waals surface area contributed by atoms with Gasteiger partial charge < -0.3 is 33.8 Å². The van der Waals surface area contributed by atoms with E-state index in [9.17, 15) is 43.4 Å². The zero-order valence-electron chi connectivity index (χ0n) is 20.9. The number of hydrogen-bond acceptors (Lipinski definition) is 14. The van der Waals surface area contributed by atoms with Gasteiger partial charge in [-0.1, -0.05) is 12.2 Å². The van der Waals surface area contributed by atoms with Crippen LogP contribution in [0.3, 0.4) is 0 Å². The standard InChI is InChI=1S/C19H26N4O15P2S/c1-33-15-14(38-39(30)41)9(37-17(15)23-5-3-11(25)21-19(23)29)7-35-40(31,32)34-6-8-12(26)13(27)16(36-8)22-4-2-10(24)20-18(22)28/h2-5,8-9,12-17,26-27,39H,6-7H2,1H3,(H,30,41)(H,31,32)(H,20,24,28)(H,21,25,29)/t8-,9-,12?,13+,14?,15+,16+,17-/m1/s1. The Labute approximate surface area is 234 Å². The molecule has 41 heavy (non-hydrogen) atoms. The maximum atomic E-state index is 12.6. The van der Waals surface area contributed by atoms with Crippen molar-refractivity contribution in [1.82, 2.24) is 19.1 Å². The number of aliphatic hydroxyl groups is 2. The van der Waals surface area contributed by atoms with Crippen molar-refractivity contribution >= 4 is 27.3 Å².